The lowest BCUT2D eigenvalue weighted by Gasteiger charge is -2.41. The van der Waals surface area contributed by atoms with Crippen molar-refractivity contribution < 1.29 is 19.4 Å². The number of nitrogens with zero attached hydrogens (tertiary/aromatic N) is 2. The van der Waals surface area contributed by atoms with Gasteiger partial charge in [0.2, 0.25) is 0 Å². The fourth-order valence-corrected chi connectivity index (χ4v) is 4.74. The minimum atomic E-state index is -0.586. The Labute approximate surface area is 216 Å². The quantitative estimate of drug-likeness (QED) is 0.326. The van der Waals surface area contributed by atoms with Crippen LogP contribution in [0.15, 0.2) is 79.1 Å². The molecule has 192 valence electrons. The molecule has 4 unspecified atom stereocenters. The van der Waals surface area contributed by atoms with Crippen molar-refractivity contribution in [1.29, 1.82) is 0 Å². The van der Waals surface area contributed by atoms with Crippen molar-refractivity contribution in [3.05, 3.63) is 95.8 Å². The van der Waals surface area contributed by atoms with Gasteiger partial charge in [0.1, 0.15) is 0 Å². The number of carbonyl (C=O) groups is 1. The summed E-state index contributed by atoms with van der Waals surface area (Å²) in [6, 6.07) is 23.2. The summed E-state index contributed by atoms with van der Waals surface area (Å²) in [7, 11) is 0. The van der Waals surface area contributed by atoms with E-state index in [1.165, 1.54) is 0 Å². The monoisotopic (exact) mass is 500 g/mol. The third kappa shape index (κ3) is 5.51. The van der Waals surface area contributed by atoms with Gasteiger partial charge >= 0.3 is 6.03 Å². The number of anilines is 1. The van der Waals surface area contributed by atoms with Crippen LogP contribution >= 0.6 is 0 Å². The minimum absolute atomic E-state index is 0.0000846. The molecular formula is C29H32N4O4. The van der Waals surface area contributed by atoms with Crippen LogP contribution in [0.4, 0.5) is 10.5 Å². The Morgan fingerprint density at radius 3 is 2.46 bits per heavy atom. The summed E-state index contributed by atoms with van der Waals surface area (Å²) in [5.41, 5.74) is 5.46. The normalized spacial score (nSPS) is 21.6. The maximum atomic E-state index is 11.9. The highest BCUT2D eigenvalue weighted by Gasteiger charge is 2.38. The zero-order valence-electron chi connectivity index (χ0n) is 21.0. The molecule has 0 aliphatic carbocycles. The first-order chi connectivity index (χ1) is 18.1. The van der Waals surface area contributed by atoms with Gasteiger partial charge in [-0.05, 0) is 42.3 Å². The van der Waals surface area contributed by atoms with E-state index in [0.29, 0.717) is 18.8 Å². The molecule has 1 aliphatic heterocycles. The number of rotatable bonds is 7. The van der Waals surface area contributed by atoms with Crippen molar-refractivity contribution in [1.82, 2.24) is 14.9 Å². The highest BCUT2D eigenvalue weighted by molar-refractivity contribution is 5.89. The number of ether oxygens (including phenoxy) is 2. The predicted octanol–water partition coefficient (Wildman–Crippen LogP) is 5.16. The number of fused-ring (bicyclic) bond motifs is 1. The molecule has 2 amide bonds. The molecule has 1 aliphatic rings. The number of aliphatic hydroxyl groups is 1. The number of amides is 2. The maximum Gasteiger partial charge on any atom is 0.319 e. The third-order valence-corrected chi connectivity index (χ3v) is 6.81. The lowest BCUT2D eigenvalue weighted by atomic mass is 9.90. The third-order valence-electron chi connectivity index (χ3n) is 6.81. The van der Waals surface area contributed by atoms with Crippen molar-refractivity contribution in [2.24, 2.45) is 5.92 Å². The van der Waals surface area contributed by atoms with Crippen LogP contribution in [-0.2, 0) is 22.6 Å². The highest BCUT2D eigenvalue weighted by Crippen LogP contribution is 2.42. The van der Waals surface area contributed by atoms with Gasteiger partial charge < -0.3 is 29.8 Å². The number of carbonyl (C=O) groups excluding carboxylic acids is 1. The van der Waals surface area contributed by atoms with Gasteiger partial charge in [-0.2, -0.15) is 0 Å². The largest absolute Gasteiger partial charge is 0.392 e. The van der Waals surface area contributed by atoms with Gasteiger partial charge in [0.05, 0.1) is 42.7 Å². The second-order valence-corrected chi connectivity index (χ2v) is 9.31. The van der Waals surface area contributed by atoms with Crippen molar-refractivity contribution in [2.75, 3.05) is 11.9 Å². The average Bonchev–Trinajstić information content (AvgIpc) is 3.33. The molecule has 0 radical (unpaired) electrons. The maximum absolute atomic E-state index is 11.9. The average molecular weight is 501 g/mol. The molecule has 8 heteroatoms. The summed E-state index contributed by atoms with van der Waals surface area (Å²) < 4.78 is 15.2. The molecule has 4 atom stereocenters. The summed E-state index contributed by atoms with van der Waals surface area (Å²) in [6.45, 7) is 5.20. The topological polar surface area (TPSA) is 97.6 Å². The first-order valence-corrected chi connectivity index (χ1v) is 12.6. The Balaban J connectivity index is 1.42. The second-order valence-electron chi connectivity index (χ2n) is 9.31. The Hall–Kier alpha value is -3.72. The molecule has 1 saturated heterocycles. The molecule has 2 heterocycles. The van der Waals surface area contributed by atoms with E-state index >= 15 is 0 Å². The van der Waals surface area contributed by atoms with Gasteiger partial charge in [0, 0.05) is 23.7 Å². The molecule has 3 aromatic carbocycles. The van der Waals surface area contributed by atoms with E-state index in [1.807, 2.05) is 80.0 Å². The fraction of sp³-hybridized carbons (Fsp3) is 0.310. The number of para-hydroxylation sites is 2. The fourth-order valence-electron chi connectivity index (χ4n) is 4.74. The molecule has 1 fully saturated rings. The summed E-state index contributed by atoms with van der Waals surface area (Å²) in [5.74, 6) is 0.0519. The van der Waals surface area contributed by atoms with Gasteiger partial charge in [-0.3, -0.25) is 0 Å². The molecular weight excluding hydrogens is 468 g/mol. The molecule has 0 saturated carbocycles. The number of nitrogens with one attached hydrogen (secondary N) is 2. The van der Waals surface area contributed by atoms with Crippen molar-refractivity contribution in [3.8, 4) is 0 Å². The van der Waals surface area contributed by atoms with Crippen molar-refractivity contribution in [3.63, 3.8) is 0 Å². The van der Waals surface area contributed by atoms with Crippen LogP contribution in [0.3, 0.4) is 0 Å². The van der Waals surface area contributed by atoms with E-state index in [-0.39, 0.29) is 30.8 Å². The van der Waals surface area contributed by atoms with Gasteiger partial charge in [-0.15, -0.1) is 0 Å². The number of urea groups is 1. The molecule has 3 N–H and O–H groups in total. The van der Waals surface area contributed by atoms with Crippen LogP contribution < -0.4 is 10.6 Å². The smallest absolute Gasteiger partial charge is 0.319 e. The molecule has 5 rings (SSSR count). The lowest BCUT2D eigenvalue weighted by molar-refractivity contribution is -0.276. The molecule has 8 nitrogen and oxygen atoms in total. The van der Waals surface area contributed by atoms with E-state index in [0.717, 1.165) is 27.7 Å². The first-order valence-electron chi connectivity index (χ1n) is 12.6. The number of hydrogen-bond acceptors (Lipinski definition) is 5. The molecule has 4 aromatic rings. The van der Waals surface area contributed by atoms with Crippen molar-refractivity contribution >= 4 is 22.8 Å². The van der Waals surface area contributed by atoms with E-state index in [9.17, 15) is 9.90 Å². The number of hydrogen-bond donors (Lipinski definition) is 3. The number of aromatic nitrogens is 2. The molecule has 1 aromatic heterocycles. The van der Waals surface area contributed by atoms with Gasteiger partial charge in [-0.1, -0.05) is 55.5 Å². The van der Waals surface area contributed by atoms with E-state index in [4.69, 9.17) is 9.47 Å². The highest BCUT2D eigenvalue weighted by atomic mass is 16.7. The molecule has 37 heavy (non-hydrogen) atoms. The standard InChI is InChI=1S/C29H32N4O4/c1-3-30-29(35)32-23-14-12-22(13-15-23)28-36-26(16-33-18-31-24-6-4-5-7-25(24)33)19(2)27(37-28)21-10-8-20(17-34)9-11-21/h4-15,18-19,26-28,34H,3,16-17H2,1-2H3,(H2,30,32,35). The predicted molar refractivity (Wildman–Crippen MR) is 142 cm³/mol. The zero-order valence-corrected chi connectivity index (χ0v) is 21.0. The Morgan fingerprint density at radius 1 is 1.00 bits per heavy atom. The zero-order chi connectivity index (χ0) is 25.8. The van der Waals surface area contributed by atoms with E-state index < -0.39 is 6.29 Å². The SMILES string of the molecule is CCNC(=O)Nc1ccc(C2OC(Cn3cnc4ccccc43)C(C)C(c3ccc(CO)cc3)O2)cc1. The van der Waals surface area contributed by atoms with Gasteiger partial charge in [0.25, 0.3) is 0 Å². The van der Waals surface area contributed by atoms with Gasteiger partial charge in [0.15, 0.2) is 6.29 Å². The molecule has 0 bridgehead atoms. The number of benzene rings is 3. The lowest BCUT2D eigenvalue weighted by Crippen LogP contribution is -2.39. The summed E-state index contributed by atoms with van der Waals surface area (Å²) in [6.07, 6.45) is 0.918. The number of imidazole rings is 1. The van der Waals surface area contributed by atoms with Crippen molar-refractivity contribution in [2.45, 2.75) is 45.5 Å². The first kappa shape index (κ1) is 25.0. The Kier molecular flexibility index (Phi) is 7.50. The molecule has 0 spiro atoms. The summed E-state index contributed by atoms with van der Waals surface area (Å²) in [5, 5.41) is 15.0. The van der Waals surface area contributed by atoms with Gasteiger partial charge in [-0.25, -0.2) is 9.78 Å². The summed E-state index contributed by atoms with van der Waals surface area (Å²) in [4.78, 5) is 16.4. The minimum Gasteiger partial charge on any atom is -0.392 e. The Bertz CT molecular complexity index is 1340. The second kappa shape index (κ2) is 11.1. The van der Waals surface area contributed by atoms with Crippen LogP contribution in [0.25, 0.3) is 11.0 Å². The summed E-state index contributed by atoms with van der Waals surface area (Å²) >= 11 is 0. The van der Waals surface area contributed by atoms with E-state index in [1.54, 1.807) is 0 Å². The van der Waals surface area contributed by atoms with E-state index in [2.05, 4.69) is 33.2 Å². The van der Waals surface area contributed by atoms with Crippen LogP contribution in [0.1, 0.15) is 42.9 Å². The Morgan fingerprint density at radius 2 is 1.73 bits per heavy atom. The number of aliphatic hydroxyl groups excluding tert-OH is 1. The van der Waals surface area contributed by atoms with Crippen LogP contribution in [-0.4, -0.2) is 33.3 Å². The van der Waals surface area contributed by atoms with Crippen LogP contribution in [0.2, 0.25) is 0 Å². The van der Waals surface area contributed by atoms with Crippen LogP contribution in [0, 0.1) is 5.92 Å². The van der Waals surface area contributed by atoms with Crippen LogP contribution in [0.5, 0.6) is 0 Å².